The predicted molar refractivity (Wildman–Crippen MR) is 105 cm³/mol. The van der Waals surface area contributed by atoms with Crippen LogP contribution in [0.2, 0.25) is 0 Å². The lowest BCUT2D eigenvalue weighted by atomic mass is 10.1. The van der Waals surface area contributed by atoms with Crippen LogP contribution in [0.1, 0.15) is 5.56 Å². The molecule has 1 unspecified atom stereocenters. The van der Waals surface area contributed by atoms with Crippen molar-refractivity contribution in [1.29, 1.82) is 0 Å². The normalized spacial score (nSPS) is 11.3. The molecule has 5 heteroatoms. The van der Waals surface area contributed by atoms with Crippen LogP contribution in [0.4, 0.5) is 0 Å². The van der Waals surface area contributed by atoms with E-state index in [1.807, 2.05) is 78.9 Å². The fourth-order valence-electron chi connectivity index (χ4n) is 2.40. The molecule has 0 aromatic heterocycles. The molecular formula is C21H22ClNO3. The molecule has 26 heavy (non-hydrogen) atoms. The van der Waals surface area contributed by atoms with Gasteiger partial charge in [-0.2, -0.15) is 0 Å². The molecule has 3 N–H and O–H groups in total. The second-order valence-electron chi connectivity index (χ2n) is 5.78. The summed E-state index contributed by atoms with van der Waals surface area (Å²) in [5.41, 5.74) is 6.81. The minimum Gasteiger partial charge on any atom is -0.457 e. The molecule has 0 heterocycles. The van der Waals surface area contributed by atoms with Crippen molar-refractivity contribution in [2.75, 3.05) is 6.61 Å². The van der Waals surface area contributed by atoms with Crippen molar-refractivity contribution in [3.63, 3.8) is 0 Å². The van der Waals surface area contributed by atoms with Crippen LogP contribution in [-0.2, 0) is 6.42 Å². The van der Waals surface area contributed by atoms with Crippen LogP contribution in [0.25, 0.3) is 0 Å². The summed E-state index contributed by atoms with van der Waals surface area (Å²) in [5, 5.41) is 9.00. The number of para-hydroxylation sites is 1. The van der Waals surface area contributed by atoms with Gasteiger partial charge in [0.2, 0.25) is 0 Å². The first-order valence-corrected chi connectivity index (χ1v) is 8.19. The van der Waals surface area contributed by atoms with Gasteiger partial charge in [0.25, 0.3) is 0 Å². The Morgan fingerprint density at radius 1 is 0.692 bits per heavy atom. The van der Waals surface area contributed by atoms with E-state index in [0.29, 0.717) is 6.42 Å². The van der Waals surface area contributed by atoms with E-state index >= 15 is 0 Å². The smallest absolute Gasteiger partial charge is 0.127 e. The Labute approximate surface area is 159 Å². The molecule has 0 bridgehead atoms. The summed E-state index contributed by atoms with van der Waals surface area (Å²) in [6.45, 7) is -0.0182. The number of hydrogen-bond donors (Lipinski definition) is 2. The molecule has 0 fully saturated rings. The van der Waals surface area contributed by atoms with Gasteiger partial charge in [-0.25, -0.2) is 0 Å². The lowest BCUT2D eigenvalue weighted by Crippen LogP contribution is -2.26. The van der Waals surface area contributed by atoms with Gasteiger partial charge in [-0.3, -0.25) is 0 Å². The average molecular weight is 372 g/mol. The minimum absolute atomic E-state index is 0. The maximum Gasteiger partial charge on any atom is 0.127 e. The first kappa shape index (κ1) is 19.8. The third-order valence-corrected chi connectivity index (χ3v) is 3.69. The van der Waals surface area contributed by atoms with Crippen LogP contribution in [-0.4, -0.2) is 17.8 Å². The lowest BCUT2D eigenvalue weighted by Gasteiger charge is -2.10. The predicted octanol–water partition coefficient (Wildman–Crippen LogP) is 4.56. The molecule has 3 rings (SSSR count). The van der Waals surface area contributed by atoms with Crippen LogP contribution < -0.4 is 15.2 Å². The molecule has 0 aliphatic carbocycles. The molecule has 3 aromatic carbocycles. The van der Waals surface area contributed by atoms with Gasteiger partial charge in [0.15, 0.2) is 0 Å². The molecule has 0 aliphatic rings. The topological polar surface area (TPSA) is 64.7 Å². The number of halogens is 1. The first-order valence-electron chi connectivity index (χ1n) is 8.19. The van der Waals surface area contributed by atoms with Crippen molar-refractivity contribution in [1.82, 2.24) is 0 Å². The SMILES string of the molecule is Cl.NC(CO)Cc1ccc(Oc2ccc(Oc3ccccc3)cc2)cc1. The van der Waals surface area contributed by atoms with Crippen LogP contribution >= 0.6 is 12.4 Å². The van der Waals surface area contributed by atoms with E-state index in [1.165, 1.54) is 0 Å². The zero-order valence-electron chi connectivity index (χ0n) is 14.2. The molecule has 3 aromatic rings. The summed E-state index contributed by atoms with van der Waals surface area (Å²) in [6, 6.07) is 24.6. The summed E-state index contributed by atoms with van der Waals surface area (Å²) < 4.78 is 11.6. The van der Waals surface area contributed by atoms with Crippen molar-refractivity contribution < 1.29 is 14.6 Å². The molecule has 0 saturated heterocycles. The van der Waals surface area contributed by atoms with Gasteiger partial charge in [0.1, 0.15) is 23.0 Å². The van der Waals surface area contributed by atoms with Crippen molar-refractivity contribution >= 4 is 12.4 Å². The van der Waals surface area contributed by atoms with Gasteiger partial charge in [-0.1, -0.05) is 30.3 Å². The van der Waals surface area contributed by atoms with Gasteiger partial charge in [0.05, 0.1) is 6.61 Å². The number of nitrogens with two attached hydrogens (primary N) is 1. The number of aliphatic hydroxyl groups excluding tert-OH is 1. The second-order valence-corrected chi connectivity index (χ2v) is 5.78. The summed E-state index contributed by atoms with van der Waals surface area (Å²) in [6.07, 6.45) is 0.641. The fraction of sp³-hybridized carbons (Fsp3) is 0.143. The van der Waals surface area contributed by atoms with Crippen LogP contribution in [0.3, 0.4) is 0 Å². The largest absolute Gasteiger partial charge is 0.457 e. The second kappa shape index (κ2) is 9.82. The highest BCUT2D eigenvalue weighted by Gasteiger charge is 2.04. The summed E-state index contributed by atoms with van der Waals surface area (Å²) in [7, 11) is 0. The van der Waals surface area contributed by atoms with Crippen molar-refractivity contribution in [2.45, 2.75) is 12.5 Å². The van der Waals surface area contributed by atoms with E-state index in [2.05, 4.69) is 0 Å². The Hall–Kier alpha value is -2.53. The Kier molecular flexibility index (Phi) is 7.48. The van der Waals surface area contributed by atoms with Crippen molar-refractivity contribution in [3.05, 3.63) is 84.4 Å². The summed E-state index contributed by atoms with van der Waals surface area (Å²) in [5.74, 6) is 3.04. The van der Waals surface area contributed by atoms with Gasteiger partial charge < -0.3 is 20.3 Å². The highest BCUT2D eigenvalue weighted by atomic mass is 35.5. The third kappa shape index (κ3) is 5.77. The summed E-state index contributed by atoms with van der Waals surface area (Å²) >= 11 is 0. The molecule has 0 aliphatic heterocycles. The van der Waals surface area contributed by atoms with E-state index in [-0.39, 0.29) is 25.1 Å². The molecule has 0 spiro atoms. The Balaban J connectivity index is 0.00000243. The maximum atomic E-state index is 9.00. The van der Waals surface area contributed by atoms with Crippen LogP contribution in [0.5, 0.6) is 23.0 Å². The van der Waals surface area contributed by atoms with Gasteiger partial charge in [-0.15, -0.1) is 12.4 Å². The van der Waals surface area contributed by atoms with Crippen LogP contribution in [0.15, 0.2) is 78.9 Å². The number of rotatable bonds is 7. The Morgan fingerprint density at radius 3 is 1.58 bits per heavy atom. The van der Waals surface area contributed by atoms with Gasteiger partial charge in [0, 0.05) is 6.04 Å². The van der Waals surface area contributed by atoms with E-state index in [0.717, 1.165) is 28.6 Å². The molecular weight excluding hydrogens is 350 g/mol. The van der Waals surface area contributed by atoms with Crippen molar-refractivity contribution in [3.8, 4) is 23.0 Å². The van der Waals surface area contributed by atoms with Crippen molar-refractivity contribution in [2.24, 2.45) is 5.73 Å². The zero-order chi connectivity index (χ0) is 17.5. The average Bonchev–Trinajstić information content (AvgIpc) is 2.66. The van der Waals surface area contributed by atoms with E-state index in [4.69, 9.17) is 20.3 Å². The molecule has 4 nitrogen and oxygen atoms in total. The minimum atomic E-state index is -0.232. The number of benzene rings is 3. The molecule has 1 atom stereocenters. The molecule has 0 saturated carbocycles. The quantitative estimate of drug-likeness (QED) is 0.639. The Bertz CT molecular complexity index is 777. The lowest BCUT2D eigenvalue weighted by molar-refractivity contribution is 0.265. The van der Waals surface area contributed by atoms with E-state index < -0.39 is 0 Å². The number of ether oxygens (including phenoxy) is 2. The number of aliphatic hydroxyl groups is 1. The fourth-order valence-corrected chi connectivity index (χ4v) is 2.40. The molecule has 136 valence electrons. The highest BCUT2D eigenvalue weighted by molar-refractivity contribution is 5.85. The third-order valence-electron chi connectivity index (χ3n) is 3.69. The van der Waals surface area contributed by atoms with Gasteiger partial charge >= 0.3 is 0 Å². The first-order chi connectivity index (χ1) is 12.2. The molecule has 0 amide bonds. The Morgan fingerprint density at radius 2 is 1.12 bits per heavy atom. The maximum absolute atomic E-state index is 9.00. The zero-order valence-corrected chi connectivity index (χ0v) is 15.1. The molecule has 0 radical (unpaired) electrons. The standard InChI is InChI=1S/C21H21NO3.ClH/c22-17(15-23)14-16-6-8-19(9-7-16)25-21-12-10-20(11-13-21)24-18-4-2-1-3-5-18;/h1-13,17,23H,14-15,22H2;1H. The van der Waals surface area contributed by atoms with Gasteiger partial charge in [-0.05, 0) is 60.5 Å². The van der Waals surface area contributed by atoms with Crippen LogP contribution in [0, 0.1) is 0 Å². The monoisotopic (exact) mass is 371 g/mol. The van der Waals surface area contributed by atoms with E-state index in [1.54, 1.807) is 0 Å². The highest BCUT2D eigenvalue weighted by Crippen LogP contribution is 2.26. The number of hydrogen-bond acceptors (Lipinski definition) is 4. The van der Waals surface area contributed by atoms with E-state index in [9.17, 15) is 0 Å². The summed E-state index contributed by atoms with van der Waals surface area (Å²) in [4.78, 5) is 0.